The minimum atomic E-state index is -4.74. The molecule has 1 aromatic rings. The smallest absolute Gasteiger partial charge is 0.321 e. The second-order valence-corrected chi connectivity index (χ2v) is 15.2. The van der Waals surface area contributed by atoms with E-state index in [0.29, 0.717) is 30.5 Å². The number of ether oxygens (including phenoxy) is 1. The monoisotopic (exact) mass is 739 g/mol. The van der Waals surface area contributed by atoms with Crippen molar-refractivity contribution < 1.29 is 51.3 Å². The second kappa shape index (κ2) is 18.6. The Kier molecular flexibility index (Phi) is 15.6. The molecule has 18 heteroatoms. The van der Waals surface area contributed by atoms with Crippen LogP contribution in [-0.4, -0.2) is 94.5 Å². The SMILES string of the molecule is CC(C)C(NC(=O)[C@H](CS(=O)(=O)O)NC(=O)CCCCCN1C(=O)C=CC1=O)C(=O)N[C@@H](C)C(=O)Nc1ccc(COC(=O)C(C)(C)S)cc1. The summed E-state index contributed by atoms with van der Waals surface area (Å²) in [7, 11) is -4.74. The van der Waals surface area contributed by atoms with Gasteiger partial charge in [0.2, 0.25) is 23.6 Å². The summed E-state index contributed by atoms with van der Waals surface area (Å²) in [6, 6.07) is 2.37. The van der Waals surface area contributed by atoms with Gasteiger partial charge >= 0.3 is 5.97 Å². The molecule has 3 atom stereocenters. The maximum atomic E-state index is 13.1. The van der Waals surface area contributed by atoms with Gasteiger partial charge in [-0.2, -0.15) is 21.0 Å². The van der Waals surface area contributed by atoms with Gasteiger partial charge in [-0.25, -0.2) is 0 Å². The molecule has 0 saturated carbocycles. The van der Waals surface area contributed by atoms with Crippen LogP contribution in [0.5, 0.6) is 0 Å². The number of rotatable bonds is 19. The molecule has 1 aliphatic rings. The third kappa shape index (κ3) is 14.3. The topological polar surface area (TPSA) is 234 Å². The number of esters is 1. The van der Waals surface area contributed by atoms with E-state index in [1.165, 1.54) is 19.1 Å². The number of nitrogens with one attached hydrogen (secondary N) is 4. The van der Waals surface area contributed by atoms with Crippen LogP contribution >= 0.6 is 12.6 Å². The van der Waals surface area contributed by atoms with E-state index in [-0.39, 0.29) is 19.6 Å². The zero-order valence-electron chi connectivity index (χ0n) is 28.6. The lowest BCUT2D eigenvalue weighted by atomic mass is 10.0. The first-order chi connectivity index (χ1) is 23.2. The molecule has 0 aliphatic carbocycles. The first-order valence-electron chi connectivity index (χ1n) is 15.9. The minimum absolute atomic E-state index is 0.00587. The van der Waals surface area contributed by atoms with Crippen LogP contribution in [0.15, 0.2) is 36.4 Å². The number of imide groups is 1. The van der Waals surface area contributed by atoms with Gasteiger partial charge in [0.05, 0.1) is 0 Å². The Hall–Kier alpha value is -4.29. The summed E-state index contributed by atoms with van der Waals surface area (Å²) in [6.07, 6.45) is 3.36. The Bertz CT molecular complexity index is 1550. The van der Waals surface area contributed by atoms with Gasteiger partial charge in [0, 0.05) is 30.8 Å². The van der Waals surface area contributed by atoms with Crippen molar-refractivity contribution >= 4 is 69.8 Å². The van der Waals surface area contributed by atoms with Crippen LogP contribution in [-0.2, 0) is 55.0 Å². The van der Waals surface area contributed by atoms with E-state index < -0.39 is 86.1 Å². The normalized spacial score (nSPS) is 14.9. The number of carbonyl (C=O) groups is 7. The van der Waals surface area contributed by atoms with Gasteiger partial charge in [0.1, 0.15) is 35.2 Å². The highest BCUT2D eigenvalue weighted by atomic mass is 32.2. The van der Waals surface area contributed by atoms with Crippen molar-refractivity contribution in [1.82, 2.24) is 20.9 Å². The Morgan fingerprint density at radius 2 is 1.48 bits per heavy atom. The summed E-state index contributed by atoms with van der Waals surface area (Å²) in [5.74, 6) is -6.14. The van der Waals surface area contributed by atoms with Gasteiger partial charge in [0.25, 0.3) is 21.9 Å². The molecule has 50 heavy (non-hydrogen) atoms. The summed E-state index contributed by atoms with van der Waals surface area (Å²) < 4.78 is 37.0. The lowest BCUT2D eigenvalue weighted by Crippen LogP contribution is -2.58. The highest BCUT2D eigenvalue weighted by Crippen LogP contribution is 2.17. The largest absolute Gasteiger partial charge is 0.460 e. The van der Waals surface area contributed by atoms with Gasteiger partial charge < -0.3 is 26.0 Å². The highest BCUT2D eigenvalue weighted by Gasteiger charge is 2.32. The van der Waals surface area contributed by atoms with E-state index in [4.69, 9.17) is 4.74 Å². The Balaban J connectivity index is 1.92. The number of anilines is 1. The summed E-state index contributed by atoms with van der Waals surface area (Å²) in [5, 5.41) is 9.82. The number of carbonyl (C=O) groups excluding carboxylic acids is 7. The second-order valence-electron chi connectivity index (χ2n) is 12.6. The number of benzene rings is 1. The number of amides is 6. The fraction of sp³-hybridized carbons (Fsp3) is 0.531. The van der Waals surface area contributed by atoms with Crippen molar-refractivity contribution in [3.8, 4) is 0 Å². The van der Waals surface area contributed by atoms with E-state index in [1.54, 1.807) is 52.0 Å². The summed E-state index contributed by atoms with van der Waals surface area (Å²) in [6.45, 7) is 8.00. The van der Waals surface area contributed by atoms with E-state index in [9.17, 15) is 46.5 Å². The fourth-order valence-electron chi connectivity index (χ4n) is 4.46. The standard InChI is InChI=1S/C32H45N5O11S2/c1-19(2)27(30(43)33-20(3)28(41)34-22-12-10-21(11-13-22)17-48-31(44)32(4,5)49)36-29(42)23(18-50(45,46)47)35-24(38)9-7-6-8-16-37-25(39)14-15-26(37)40/h10-15,19-20,23,27,49H,6-9,16-18H2,1-5H3,(H,33,43)(H,34,41)(H,35,38)(H,36,42)(H,45,46,47)/t20-,23-,27?/m0/s1. The Labute approximate surface area is 296 Å². The number of unbranched alkanes of at least 4 members (excludes halogenated alkanes) is 2. The van der Waals surface area contributed by atoms with Crippen LogP contribution < -0.4 is 21.3 Å². The zero-order chi connectivity index (χ0) is 37.8. The zero-order valence-corrected chi connectivity index (χ0v) is 30.3. The maximum Gasteiger partial charge on any atom is 0.321 e. The highest BCUT2D eigenvalue weighted by molar-refractivity contribution is 7.85. The average Bonchev–Trinajstić information content (AvgIpc) is 3.33. The molecule has 1 aromatic carbocycles. The van der Waals surface area contributed by atoms with Crippen molar-refractivity contribution in [1.29, 1.82) is 0 Å². The molecule has 276 valence electrons. The van der Waals surface area contributed by atoms with Gasteiger partial charge in [-0.05, 0) is 57.2 Å². The first-order valence-corrected chi connectivity index (χ1v) is 17.9. The molecule has 0 radical (unpaired) electrons. The average molecular weight is 740 g/mol. The van der Waals surface area contributed by atoms with E-state index in [0.717, 1.165) is 4.90 Å². The van der Waals surface area contributed by atoms with E-state index >= 15 is 0 Å². The molecule has 0 spiro atoms. The number of thiol groups is 1. The third-order valence-electron chi connectivity index (χ3n) is 7.30. The van der Waals surface area contributed by atoms with Gasteiger partial charge in [-0.3, -0.25) is 43.0 Å². The lowest BCUT2D eigenvalue weighted by molar-refractivity contribution is -0.147. The van der Waals surface area contributed by atoms with Crippen molar-refractivity contribution in [3.05, 3.63) is 42.0 Å². The third-order valence-corrected chi connectivity index (χ3v) is 8.24. The predicted molar refractivity (Wildman–Crippen MR) is 185 cm³/mol. The quantitative estimate of drug-likeness (QED) is 0.0383. The van der Waals surface area contributed by atoms with Crippen molar-refractivity contribution in [2.45, 2.75) is 89.8 Å². The molecule has 1 unspecified atom stereocenters. The van der Waals surface area contributed by atoms with Crippen LogP contribution in [0.3, 0.4) is 0 Å². The Morgan fingerprint density at radius 3 is 2.02 bits per heavy atom. The number of hydrogen-bond donors (Lipinski definition) is 6. The molecule has 16 nitrogen and oxygen atoms in total. The molecule has 1 heterocycles. The molecule has 2 rings (SSSR count). The van der Waals surface area contributed by atoms with Crippen molar-refractivity contribution in [3.63, 3.8) is 0 Å². The predicted octanol–water partition coefficient (Wildman–Crippen LogP) is 0.880. The lowest BCUT2D eigenvalue weighted by Gasteiger charge is -2.26. The molecular formula is C32H45N5O11S2. The van der Waals surface area contributed by atoms with Crippen LogP contribution in [0.1, 0.15) is 65.9 Å². The van der Waals surface area contributed by atoms with Crippen LogP contribution in [0, 0.1) is 5.92 Å². The van der Waals surface area contributed by atoms with E-state index in [2.05, 4.69) is 33.9 Å². The van der Waals surface area contributed by atoms with Crippen LogP contribution in [0.2, 0.25) is 0 Å². The minimum Gasteiger partial charge on any atom is -0.460 e. The summed E-state index contributed by atoms with van der Waals surface area (Å²) in [4.78, 5) is 87.8. The van der Waals surface area contributed by atoms with Crippen molar-refractivity contribution in [2.75, 3.05) is 17.6 Å². The molecule has 6 amide bonds. The fourth-order valence-corrected chi connectivity index (χ4v) is 5.18. The first kappa shape index (κ1) is 41.9. The van der Waals surface area contributed by atoms with Gasteiger partial charge in [0.15, 0.2) is 0 Å². The molecule has 0 aromatic heterocycles. The molecule has 0 saturated heterocycles. The Morgan fingerprint density at radius 1 is 0.880 bits per heavy atom. The number of nitrogens with zero attached hydrogens (tertiary/aromatic N) is 1. The van der Waals surface area contributed by atoms with Gasteiger partial charge in [-0.15, -0.1) is 0 Å². The molecular weight excluding hydrogens is 695 g/mol. The van der Waals surface area contributed by atoms with Crippen LogP contribution in [0.4, 0.5) is 5.69 Å². The maximum absolute atomic E-state index is 13.1. The summed E-state index contributed by atoms with van der Waals surface area (Å²) >= 11 is 4.16. The summed E-state index contributed by atoms with van der Waals surface area (Å²) in [5.41, 5.74) is 1.06. The molecule has 1 aliphatic heterocycles. The van der Waals surface area contributed by atoms with Crippen molar-refractivity contribution in [2.24, 2.45) is 5.92 Å². The van der Waals surface area contributed by atoms with Crippen LogP contribution in [0.25, 0.3) is 0 Å². The van der Waals surface area contributed by atoms with E-state index in [1.807, 2.05) is 0 Å². The van der Waals surface area contributed by atoms with Gasteiger partial charge in [-0.1, -0.05) is 32.4 Å². The molecule has 0 fully saturated rings. The number of hydrogen-bond acceptors (Lipinski definition) is 11. The molecule has 0 bridgehead atoms. The molecule has 5 N–H and O–H groups in total.